The van der Waals surface area contributed by atoms with Crippen molar-refractivity contribution in [3.63, 3.8) is 0 Å². The van der Waals surface area contributed by atoms with Crippen LogP contribution in [-0.4, -0.2) is 11.1 Å². The van der Waals surface area contributed by atoms with E-state index < -0.39 is 0 Å². The molecule has 0 fully saturated rings. The molecule has 0 atom stereocenters. The summed E-state index contributed by atoms with van der Waals surface area (Å²) in [5.74, 6) is 0.272. The van der Waals surface area contributed by atoms with Gasteiger partial charge in [0.25, 0.3) is 5.56 Å². The van der Waals surface area contributed by atoms with Gasteiger partial charge in [-0.05, 0) is 37.4 Å². The van der Waals surface area contributed by atoms with Crippen LogP contribution in [0.4, 0.5) is 0 Å². The Morgan fingerprint density at radius 1 is 1.41 bits per heavy atom. The lowest BCUT2D eigenvalue weighted by molar-refractivity contribution is 0.560. The first-order valence-corrected chi connectivity index (χ1v) is 5.95. The molecule has 0 saturated carbocycles. The molecular formula is C13H19N3O. The van der Waals surface area contributed by atoms with Crippen molar-refractivity contribution < 1.29 is 0 Å². The van der Waals surface area contributed by atoms with Gasteiger partial charge in [-0.1, -0.05) is 13.8 Å². The van der Waals surface area contributed by atoms with Crippen LogP contribution in [0.25, 0.3) is 0 Å². The highest BCUT2D eigenvalue weighted by molar-refractivity contribution is 5.28. The van der Waals surface area contributed by atoms with E-state index in [4.69, 9.17) is 11.0 Å². The average molecular weight is 233 g/mol. The van der Waals surface area contributed by atoms with Gasteiger partial charge in [-0.2, -0.15) is 5.26 Å². The zero-order chi connectivity index (χ0) is 12.8. The van der Waals surface area contributed by atoms with E-state index in [9.17, 15) is 4.79 Å². The Morgan fingerprint density at radius 2 is 2.12 bits per heavy atom. The minimum Gasteiger partial charge on any atom is -0.330 e. The van der Waals surface area contributed by atoms with Gasteiger partial charge >= 0.3 is 0 Å². The second-order valence-electron chi connectivity index (χ2n) is 4.39. The van der Waals surface area contributed by atoms with E-state index in [0.29, 0.717) is 13.1 Å². The minimum absolute atomic E-state index is 0.185. The molecule has 1 rings (SSSR count). The third kappa shape index (κ3) is 3.18. The van der Waals surface area contributed by atoms with Crippen LogP contribution in [0.1, 0.15) is 43.9 Å². The summed E-state index contributed by atoms with van der Waals surface area (Å²) in [6.07, 6.45) is 1.76. The molecule has 0 spiro atoms. The van der Waals surface area contributed by atoms with E-state index in [1.165, 1.54) is 0 Å². The van der Waals surface area contributed by atoms with Gasteiger partial charge < -0.3 is 10.3 Å². The molecule has 0 aliphatic rings. The second-order valence-corrected chi connectivity index (χ2v) is 4.39. The molecule has 0 aliphatic carbocycles. The van der Waals surface area contributed by atoms with Crippen molar-refractivity contribution in [3.05, 3.63) is 33.7 Å². The molecule has 0 radical (unpaired) electrons. The highest BCUT2D eigenvalue weighted by Gasteiger charge is 2.10. The first-order valence-electron chi connectivity index (χ1n) is 5.95. The molecule has 0 bridgehead atoms. The SMILES string of the molecule is CC(C)c1ccc(C#N)c(=O)n1CCCCN. The summed E-state index contributed by atoms with van der Waals surface area (Å²) in [6.45, 7) is 5.35. The number of hydrogen-bond donors (Lipinski definition) is 1. The Labute approximate surface area is 102 Å². The fourth-order valence-corrected chi connectivity index (χ4v) is 1.83. The first-order chi connectivity index (χ1) is 8.11. The Morgan fingerprint density at radius 3 is 2.65 bits per heavy atom. The highest BCUT2D eigenvalue weighted by Crippen LogP contribution is 2.13. The Bertz CT molecular complexity index is 469. The zero-order valence-corrected chi connectivity index (χ0v) is 10.4. The van der Waals surface area contributed by atoms with Crippen molar-refractivity contribution in [2.24, 2.45) is 5.73 Å². The van der Waals surface area contributed by atoms with E-state index in [0.717, 1.165) is 18.5 Å². The monoisotopic (exact) mass is 233 g/mol. The lowest BCUT2D eigenvalue weighted by Gasteiger charge is -2.15. The summed E-state index contributed by atoms with van der Waals surface area (Å²) in [6, 6.07) is 5.41. The number of aromatic nitrogens is 1. The van der Waals surface area contributed by atoms with Crippen LogP contribution >= 0.6 is 0 Å². The molecule has 1 aromatic heterocycles. The van der Waals surface area contributed by atoms with E-state index in [-0.39, 0.29) is 17.0 Å². The fourth-order valence-electron chi connectivity index (χ4n) is 1.83. The highest BCUT2D eigenvalue weighted by atomic mass is 16.1. The molecule has 0 amide bonds. The molecule has 2 N–H and O–H groups in total. The van der Waals surface area contributed by atoms with Gasteiger partial charge in [0.05, 0.1) is 0 Å². The lowest BCUT2D eigenvalue weighted by Crippen LogP contribution is -2.26. The maximum atomic E-state index is 12.0. The minimum atomic E-state index is -0.185. The van der Waals surface area contributed by atoms with E-state index in [2.05, 4.69) is 0 Å². The van der Waals surface area contributed by atoms with Crippen LogP contribution in [0.5, 0.6) is 0 Å². The maximum Gasteiger partial charge on any atom is 0.268 e. The van der Waals surface area contributed by atoms with Gasteiger partial charge in [0.15, 0.2) is 0 Å². The third-order valence-corrected chi connectivity index (χ3v) is 2.76. The molecule has 0 aromatic carbocycles. The van der Waals surface area contributed by atoms with Crippen molar-refractivity contribution in [1.82, 2.24) is 4.57 Å². The summed E-state index contributed by atoms with van der Waals surface area (Å²) in [5.41, 5.74) is 6.45. The Balaban J connectivity index is 3.12. The molecule has 1 aromatic rings. The predicted octanol–water partition coefficient (Wildman–Crippen LogP) is 1.58. The maximum absolute atomic E-state index is 12.0. The molecule has 4 nitrogen and oxygen atoms in total. The summed E-state index contributed by atoms with van der Waals surface area (Å²) >= 11 is 0. The van der Waals surface area contributed by atoms with Gasteiger partial charge in [0, 0.05) is 12.2 Å². The van der Waals surface area contributed by atoms with Crippen LogP contribution in [0.15, 0.2) is 16.9 Å². The molecule has 0 unspecified atom stereocenters. The normalized spacial score (nSPS) is 10.5. The van der Waals surface area contributed by atoms with Gasteiger partial charge in [0.1, 0.15) is 11.6 Å². The molecule has 4 heteroatoms. The largest absolute Gasteiger partial charge is 0.330 e. The van der Waals surface area contributed by atoms with Crippen molar-refractivity contribution >= 4 is 0 Å². The summed E-state index contributed by atoms with van der Waals surface area (Å²) < 4.78 is 1.71. The van der Waals surface area contributed by atoms with Crippen LogP contribution in [0.3, 0.4) is 0 Å². The van der Waals surface area contributed by atoms with Crippen LogP contribution in [-0.2, 0) is 6.54 Å². The van der Waals surface area contributed by atoms with Crippen LogP contribution < -0.4 is 11.3 Å². The predicted molar refractivity (Wildman–Crippen MR) is 67.8 cm³/mol. The number of rotatable bonds is 5. The first kappa shape index (κ1) is 13.5. The summed E-state index contributed by atoms with van der Waals surface area (Å²) in [7, 11) is 0. The van der Waals surface area contributed by atoms with Crippen molar-refractivity contribution in [2.75, 3.05) is 6.54 Å². The Kier molecular flexibility index (Phi) is 4.92. The number of unbranched alkanes of at least 4 members (excludes halogenated alkanes) is 1. The fraction of sp³-hybridized carbons (Fsp3) is 0.538. The molecular weight excluding hydrogens is 214 g/mol. The quantitative estimate of drug-likeness (QED) is 0.785. The molecule has 1 heterocycles. The second kappa shape index (κ2) is 6.21. The van der Waals surface area contributed by atoms with Crippen molar-refractivity contribution in [3.8, 4) is 6.07 Å². The van der Waals surface area contributed by atoms with Crippen molar-refractivity contribution in [2.45, 2.75) is 39.2 Å². The number of hydrogen-bond acceptors (Lipinski definition) is 3. The molecule has 0 aliphatic heterocycles. The van der Waals surface area contributed by atoms with E-state index >= 15 is 0 Å². The number of nitrogens with zero attached hydrogens (tertiary/aromatic N) is 2. The van der Waals surface area contributed by atoms with Crippen LogP contribution in [0, 0.1) is 11.3 Å². The number of nitrogens with two attached hydrogens (primary N) is 1. The number of nitriles is 1. The van der Waals surface area contributed by atoms with Gasteiger partial charge in [-0.15, -0.1) is 0 Å². The number of pyridine rings is 1. The summed E-state index contributed by atoms with van der Waals surface area (Å²) in [4.78, 5) is 12.0. The van der Waals surface area contributed by atoms with Gasteiger partial charge in [-0.25, -0.2) is 0 Å². The zero-order valence-electron chi connectivity index (χ0n) is 10.4. The van der Waals surface area contributed by atoms with E-state index in [1.54, 1.807) is 10.6 Å². The lowest BCUT2D eigenvalue weighted by atomic mass is 10.1. The molecule has 17 heavy (non-hydrogen) atoms. The average Bonchev–Trinajstić information content (AvgIpc) is 2.31. The standard InChI is InChI=1S/C13H19N3O/c1-10(2)12-6-5-11(9-15)13(17)16(12)8-4-3-7-14/h5-6,10H,3-4,7-8,14H2,1-2H3. The smallest absolute Gasteiger partial charge is 0.268 e. The van der Waals surface area contributed by atoms with Crippen molar-refractivity contribution in [1.29, 1.82) is 5.26 Å². The van der Waals surface area contributed by atoms with Gasteiger partial charge in [-0.3, -0.25) is 4.79 Å². The van der Waals surface area contributed by atoms with Crippen LogP contribution in [0.2, 0.25) is 0 Å². The summed E-state index contributed by atoms with van der Waals surface area (Å²) in [5, 5.41) is 8.86. The molecule has 92 valence electrons. The Hall–Kier alpha value is -1.60. The van der Waals surface area contributed by atoms with Gasteiger partial charge in [0.2, 0.25) is 0 Å². The third-order valence-electron chi connectivity index (χ3n) is 2.76. The molecule has 0 saturated heterocycles. The topological polar surface area (TPSA) is 71.8 Å². The van der Waals surface area contributed by atoms with E-state index in [1.807, 2.05) is 26.0 Å².